The third-order valence-corrected chi connectivity index (χ3v) is 0.564. The fourth-order valence-electron chi connectivity index (χ4n) is 0.298. The molecule has 2 N–H and O–H groups in total. The van der Waals surface area contributed by atoms with Gasteiger partial charge < -0.3 is 9.94 Å². The Kier molecular flexibility index (Phi) is 0.898. The van der Waals surface area contributed by atoms with Crippen LogP contribution in [0.2, 0.25) is 0 Å². The van der Waals surface area contributed by atoms with E-state index in [1.807, 2.05) is 0 Å². The minimum absolute atomic E-state index is 0.0301. The molecular weight excluding hydrogens is 94.0 g/mol. The van der Waals surface area contributed by atoms with Gasteiger partial charge in [0.25, 0.3) is 0 Å². The van der Waals surface area contributed by atoms with Crippen molar-refractivity contribution in [2.75, 3.05) is 0 Å². The summed E-state index contributed by atoms with van der Waals surface area (Å²) in [5.74, 6) is 0.0301. The van der Waals surface area contributed by atoms with Crippen LogP contribution < -0.4 is 5.48 Å². The summed E-state index contributed by atoms with van der Waals surface area (Å²) in [4.78, 5) is 4.43. The Morgan fingerprint density at radius 1 is 1.71 bits per heavy atom. The van der Waals surface area contributed by atoms with Crippen LogP contribution in [-0.4, -0.2) is 5.11 Å². The van der Waals surface area contributed by atoms with Gasteiger partial charge in [0.2, 0.25) is 5.88 Å². The second-order valence-corrected chi connectivity index (χ2v) is 1.10. The lowest BCUT2D eigenvalue weighted by molar-refractivity contribution is 0.109. The van der Waals surface area contributed by atoms with E-state index in [1.165, 1.54) is 12.3 Å². The molecule has 0 bridgehead atoms. The van der Waals surface area contributed by atoms with Gasteiger partial charge >= 0.3 is 0 Å². The number of aliphatic hydroxyl groups is 1. The van der Waals surface area contributed by atoms with Crippen LogP contribution in [0.3, 0.4) is 0 Å². The molecule has 1 aliphatic heterocycles. The van der Waals surface area contributed by atoms with Crippen molar-refractivity contribution in [3.8, 4) is 0 Å². The number of allylic oxidation sites excluding steroid dienone is 2. The van der Waals surface area contributed by atoms with Gasteiger partial charge in [0, 0.05) is 6.08 Å². The molecule has 0 aromatic heterocycles. The summed E-state index contributed by atoms with van der Waals surface area (Å²) in [6, 6.07) is 0. The van der Waals surface area contributed by atoms with E-state index in [1.54, 1.807) is 6.08 Å². The highest BCUT2D eigenvalue weighted by Gasteiger charge is 1.88. The van der Waals surface area contributed by atoms with Crippen LogP contribution in [0.25, 0.3) is 0 Å². The molecule has 38 valence electrons. The van der Waals surface area contributed by atoms with Crippen LogP contribution >= 0.6 is 0 Å². The van der Waals surface area contributed by atoms with E-state index < -0.39 is 0 Å². The Hall–Kier alpha value is -1.12. The number of aliphatic hydroxyl groups excluding tert-OH is 1. The molecule has 0 spiro atoms. The highest BCUT2D eigenvalue weighted by Crippen LogP contribution is 1.89. The van der Waals surface area contributed by atoms with Crippen LogP contribution in [0.1, 0.15) is 0 Å². The molecule has 0 saturated carbocycles. The molecule has 0 amide bonds. The van der Waals surface area contributed by atoms with Crippen molar-refractivity contribution in [2.45, 2.75) is 0 Å². The second kappa shape index (κ2) is 1.55. The van der Waals surface area contributed by atoms with Crippen LogP contribution in [0.15, 0.2) is 24.3 Å². The first-order valence-corrected chi connectivity index (χ1v) is 1.87. The minimum atomic E-state index is 0.0301. The van der Waals surface area contributed by atoms with Crippen molar-refractivity contribution in [1.82, 2.24) is 5.48 Å². The van der Waals surface area contributed by atoms with E-state index in [0.29, 0.717) is 0 Å². The Labute approximate surface area is 40.9 Å². The molecule has 1 heterocycles. The first-order chi connectivity index (χ1) is 3.39. The number of nitrogens with one attached hydrogen (secondary N) is 1. The maximum Gasteiger partial charge on any atom is 0.217 e. The normalized spacial score (nSPS) is 16.9. The zero-order chi connectivity index (χ0) is 5.11. The van der Waals surface area contributed by atoms with Crippen molar-refractivity contribution in [1.29, 1.82) is 0 Å². The van der Waals surface area contributed by atoms with Crippen LogP contribution in [0, 0.1) is 0 Å². The Balaban J connectivity index is 2.57. The molecule has 1 aliphatic rings. The lowest BCUT2D eigenvalue weighted by Crippen LogP contribution is -2.11. The minimum Gasteiger partial charge on any atom is -0.493 e. The molecule has 0 saturated heterocycles. The maximum atomic E-state index is 8.48. The maximum absolute atomic E-state index is 8.48. The lowest BCUT2D eigenvalue weighted by atomic mass is 10.5. The molecule has 7 heavy (non-hydrogen) atoms. The van der Waals surface area contributed by atoms with E-state index in [0.717, 1.165) is 0 Å². The van der Waals surface area contributed by atoms with Crippen molar-refractivity contribution in [3.05, 3.63) is 24.3 Å². The van der Waals surface area contributed by atoms with Gasteiger partial charge in [-0.2, -0.15) is 5.48 Å². The Bertz CT molecular complexity index is 117. The second-order valence-electron chi connectivity index (χ2n) is 1.10. The number of rotatable bonds is 0. The van der Waals surface area contributed by atoms with Gasteiger partial charge in [-0.05, 0) is 6.08 Å². The summed E-state index contributed by atoms with van der Waals surface area (Å²) < 4.78 is 0. The summed E-state index contributed by atoms with van der Waals surface area (Å²) >= 11 is 0. The molecule has 3 heteroatoms. The third kappa shape index (κ3) is 0.855. The van der Waals surface area contributed by atoms with Crippen molar-refractivity contribution < 1.29 is 9.94 Å². The largest absolute Gasteiger partial charge is 0.493 e. The van der Waals surface area contributed by atoms with Crippen molar-refractivity contribution >= 4 is 0 Å². The summed E-state index contributed by atoms with van der Waals surface area (Å²) in [5.41, 5.74) is 2.21. The molecule has 0 radical (unpaired) electrons. The monoisotopic (exact) mass is 99.0 g/mol. The fraction of sp³-hybridized carbons (Fsp3) is 0. The van der Waals surface area contributed by atoms with Gasteiger partial charge in [-0.3, -0.25) is 0 Å². The summed E-state index contributed by atoms with van der Waals surface area (Å²) in [5, 5.41) is 8.48. The van der Waals surface area contributed by atoms with Gasteiger partial charge in [0.15, 0.2) is 0 Å². The molecule has 0 aliphatic carbocycles. The molecule has 0 atom stereocenters. The van der Waals surface area contributed by atoms with E-state index in [2.05, 4.69) is 10.3 Å². The Morgan fingerprint density at radius 3 is 2.86 bits per heavy atom. The molecule has 0 aromatic carbocycles. The molecular formula is C4H5NO2. The van der Waals surface area contributed by atoms with Crippen LogP contribution in [0.4, 0.5) is 0 Å². The predicted molar refractivity (Wildman–Crippen MR) is 24.1 cm³/mol. The van der Waals surface area contributed by atoms with Crippen molar-refractivity contribution in [3.63, 3.8) is 0 Å². The van der Waals surface area contributed by atoms with Crippen molar-refractivity contribution in [2.24, 2.45) is 0 Å². The van der Waals surface area contributed by atoms with E-state index >= 15 is 0 Å². The summed E-state index contributed by atoms with van der Waals surface area (Å²) in [6.45, 7) is 0. The number of hydrogen-bond donors (Lipinski definition) is 2. The fourth-order valence-corrected chi connectivity index (χ4v) is 0.298. The number of hydrogen-bond acceptors (Lipinski definition) is 3. The predicted octanol–water partition coefficient (Wildman–Crippen LogP) is 0.434. The average molecular weight is 99.1 g/mol. The van der Waals surface area contributed by atoms with Gasteiger partial charge in [0.1, 0.15) is 6.26 Å². The summed E-state index contributed by atoms with van der Waals surface area (Å²) in [7, 11) is 0. The first-order valence-electron chi connectivity index (χ1n) is 1.87. The average Bonchev–Trinajstić information content (AvgIpc) is 1.69. The number of hydroxylamine groups is 1. The van der Waals surface area contributed by atoms with E-state index in [-0.39, 0.29) is 5.88 Å². The van der Waals surface area contributed by atoms with E-state index in [4.69, 9.17) is 5.11 Å². The topological polar surface area (TPSA) is 41.5 Å². The van der Waals surface area contributed by atoms with Gasteiger partial charge in [-0.15, -0.1) is 0 Å². The van der Waals surface area contributed by atoms with Gasteiger partial charge in [-0.1, -0.05) is 0 Å². The van der Waals surface area contributed by atoms with Gasteiger partial charge in [0.05, 0.1) is 0 Å². The van der Waals surface area contributed by atoms with Gasteiger partial charge in [-0.25, -0.2) is 0 Å². The smallest absolute Gasteiger partial charge is 0.217 e. The summed E-state index contributed by atoms with van der Waals surface area (Å²) in [6.07, 6.45) is 4.51. The lowest BCUT2D eigenvalue weighted by Gasteiger charge is -2.03. The van der Waals surface area contributed by atoms with Crippen LogP contribution in [-0.2, 0) is 4.84 Å². The highest BCUT2D eigenvalue weighted by atomic mass is 16.7. The zero-order valence-electron chi connectivity index (χ0n) is 3.59. The third-order valence-electron chi connectivity index (χ3n) is 0.564. The zero-order valence-corrected chi connectivity index (χ0v) is 3.59. The molecule has 0 unspecified atom stereocenters. The highest BCUT2D eigenvalue weighted by molar-refractivity contribution is 5.04. The quantitative estimate of drug-likeness (QED) is 0.463. The standard InChI is InChI=1S/C4H5NO2/c6-4-2-1-3-7-5-4/h1-3,5-6H. The Morgan fingerprint density at radius 2 is 2.57 bits per heavy atom. The molecule has 1 rings (SSSR count). The SMILES string of the molecule is OC1=CC=CON1. The van der Waals surface area contributed by atoms with E-state index in [9.17, 15) is 0 Å². The molecule has 0 fully saturated rings. The van der Waals surface area contributed by atoms with Crippen LogP contribution in [0.5, 0.6) is 0 Å². The molecule has 0 aromatic rings. The molecule has 3 nitrogen and oxygen atoms in total. The first kappa shape index (κ1) is 4.05.